The van der Waals surface area contributed by atoms with Crippen LogP contribution in [0, 0.1) is 6.92 Å². The molecule has 1 aromatic heterocycles. The molecule has 0 aliphatic carbocycles. The van der Waals surface area contributed by atoms with E-state index < -0.39 is 0 Å². The quantitative estimate of drug-likeness (QED) is 0.763. The molecular formula is C10H18N4. The fourth-order valence-corrected chi connectivity index (χ4v) is 1.03. The highest BCUT2D eigenvalue weighted by atomic mass is 15.2. The lowest BCUT2D eigenvalue weighted by atomic mass is 10.4. The summed E-state index contributed by atoms with van der Waals surface area (Å²) >= 11 is 0. The SMILES string of the molecule is CCN(C)CCNc1ccc(C)nn1. The van der Waals surface area contributed by atoms with Crippen molar-refractivity contribution in [3.05, 3.63) is 17.8 Å². The van der Waals surface area contributed by atoms with Gasteiger partial charge in [0.05, 0.1) is 5.69 Å². The molecule has 1 N–H and O–H groups in total. The number of aryl methyl sites for hydroxylation is 1. The molecule has 0 aliphatic heterocycles. The van der Waals surface area contributed by atoms with Crippen LogP contribution in [0.25, 0.3) is 0 Å². The van der Waals surface area contributed by atoms with Crippen molar-refractivity contribution in [2.75, 3.05) is 32.0 Å². The predicted molar refractivity (Wildman–Crippen MR) is 58.4 cm³/mol. The van der Waals surface area contributed by atoms with Gasteiger partial charge >= 0.3 is 0 Å². The molecule has 0 aliphatic rings. The maximum absolute atomic E-state index is 4.02. The third-order valence-corrected chi connectivity index (χ3v) is 2.14. The molecule has 0 amide bonds. The zero-order chi connectivity index (χ0) is 10.4. The second-order valence-corrected chi connectivity index (χ2v) is 3.38. The summed E-state index contributed by atoms with van der Waals surface area (Å²) in [6.07, 6.45) is 0. The van der Waals surface area contributed by atoms with Crippen LogP contribution in [0.4, 0.5) is 5.82 Å². The van der Waals surface area contributed by atoms with Crippen LogP contribution in [0.3, 0.4) is 0 Å². The van der Waals surface area contributed by atoms with Crippen LogP contribution in [0.1, 0.15) is 12.6 Å². The summed E-state index contributed by atoms with van der Waals surface area (Å²) < 4.78 is 0. The van der Waals surface area contributed by atoms with Crippen molar-refractivity contribution in [2.45, 2.75) is 13.8 Å². The van der Waals surface area contributed by atoms with Gasteiger partial charge in [-0.2, -0.15) is 5.10 Å². The molecule has 0 saturated carbocycles. The van der Waals surface area contributed by atoms with Gasteiger partial charge in [-0.1, -0.05) is 6.92 Å². The second kappa shape index (κ2) is 5.54. The predicted octanol–water partition coefficient (Wildman–Crippen LogP) is 1.15. The van der Waals surface area contributed by atoms with E-state index in [1.54, 1.807) is 0 Å². The minimum absolute atomic E-state index is 0.847. The lowest BCUT2D eigenvalue weighted by Gasteiger charge is -2.13. The molecule has 0 atom stereocenters. The molecule has 0 aromatic carbocycles. The lowest BCUT2D eigenvalue weighted by molar-refractivity contribution is 0.367. The first-order valence-corrected chi connectivity index (χ1v) is 4.95. The van der Waals surface area contributed by atoms with Gasteiger partial charge in [-0.25, -0.2) is 0 Å². The van der Waals surface area contributed by atoms with Crippen LogP contribution in [0.5, 0.6) is 0 Å². The second-order valence-electron chi connectivity index (χ2n) is 3.38. The highest BCUT2D eigenvalue weighted by Crippen LogP contribution is 1.99. The highest BCUT2D eigenvalue weighted by Gasteiger charge is 1.95. The number of hydrogen-bond donors (Lipinski definition) is 1. The highest BCUT2D eigenvalue weighted by molar-refractivity contribution is 5.32. The normalized spacial score (nSPS) is 10.6. The minimum Gasteiger partial charge on any atom is -0.367 e. The third kappa shape index (κ3) is 3.70. The van der Waals surface area contributed by atoms with E-state index in [1.165, 1.54) is 0 Å². The molecule has 1 aromatic rings. The molecule has 0 unspecified atom stereocenters. The van der Waals surface area contributed by atoms with Gasteiger partial charge in [0.25, 0.3) is 0 Å². The van der Waals surface area contributed by atoms with Gasteiger partial charge in [-0.15, -0.1) is 5.10 Å². The fourth-order valence-electron chi connectivity index (χ4n) is 1.03. The number of likely N-dealkylation sites (N-methyl/N-ethyl adjacent to an activating group) is 1. The van der Waals surface area contributed by atoms with Crippen LogP contribution >= 0.6 is 0 Å². The summed E-state index contributed by atoms with van der Waals surface area (Å²) in [6.45, 7) is 7.07. The van der Waals surface area contributed by atoms with E-state index >= 15 is 0 Å². The van der Waals surface area contributed by atoms with Crippen molar-refractivity contribution in [1.29, 1.82) is 0 Å². The van der Waals surface area contributed by atoms with Crippen LogP contribution in [-0.2, 0) is 0 Å². The topological polar surface area (TPSA) is 41.0 Å². The fraction of sp³-hybridized carbons (Fsp3) is 0.600. The van der Waals surface area contributed by atoms with Gasteiger partial charge in [0.1, 0.15) is 5.82 Å². The van der Waals surface area contributed by atoms with Crippen LogP contribution in [0.2, 0.25) is 0 Å². The average Bonchev–Trinajstić information content (AvgIpc) is 2.21. The van der Waals surface area contributed by atoms with Crippen molar-refractivity contribution in [1.82, 2.24) is 15.1 Å². The Morgan fingerprint density at radius 2 is 2.14 bits per heavy atom. The van der Waals surface area contributed by atoms with Crippen molar-refractivity contribution >= 4 is 5.82 Å². The maximum Gasteiger partial charge on any atom is 0.148 e. The molecule has 0 radical (unpaired) electrons. The van der Waals surface area contributed by atoms with Crippen molar-refractivity contribution in [3.63, 3.8) is 0 Å². The molecule has 4 nitrogen and oxygen atoms in total. The molecule has 78 valence electrons. The minimum atomic E-state index is 0.847. The van der Waals surface area contributed by atoms with Crippen LogP contribution in [-0.4, -0.2) is 41.8 Å². The van der Waals surface area contributed by atoms with E-state index in [0.29, 0.717) is 0 Å². The molecule has 0 saturated heterocycles. The number of nitrogens with one attached hydrogen (secondary N) is 1. The number of nitrogens with zero attached hydrogens (tertiary/aromatic N) is 3. The van der Waals surface area contributed by atoms with E-state index in [9.17, 15) is 0 Å². The Kier molecular flexibility index (Phi) is 4.32. The van der Waals surface area contributed by atoms with E-state index in [1.807, 2.05) is 19.1 Å². The molecule has 0 spiro atoms. The molecule has 4 heteroatoms. The average molecular weight is 194 g/mol. The Morgan fingerprint density at radius 3 is 2.71 bits per heavy atom. The summed E-state index contributed by atoms with van der Waals surface area (Å²) in [4.78, 5) is 2.24. The molecular weight excluding hydrogens is 176 g/mol. The standard InChI is InChI=1S/C10H18N4/c1-4-14(3)8-7-11-10-6-5-9(2)12-13-10/h5-6H,4,7-8H2,1-3H3,(H,11,13). The van der Waals surface area contributed by atoms with Crippen LogP contribution in [0.15, 0.2) is 12.1 Å². The zero-order valence-corrected chi connectivity index (χ0v) is 9.12. The number of rotatable bonds is 5. The van der Waals surface area contributed by atoms with Gasteiger partial charge in [0.2, 0.25) is 0 Å². The van der Waals surface area contributed by atoms with E-state index in [-0.39, 0.29) is 0 Å². The smallest absolute Gasteiger partial charge is 0.148 e. The first-order valence-electron chi connectivity index (χ1n) is 4.95. The van der Waals surface area contributed by atoms with E-state index in [4.69, 9.17) is 0 Å². The summed E-state index contributed by atoms with van der Waals surface area (Å²) in [5.41, 5.74) is 0.946. The number of aromatic nitrogens is 2. The van der Waals surface area contributed by atoms with E-state index in [0.717, 1.165) is 31.1 Å². The van der Waals surface area contributed by atoms with Gasteiger partial charge in [-0.3, -0.25) is 0 Å². The number of anilines is 1. The zero-order valence-electron chi connectivity index (χ0n) is 9.12. The summed E-state index contributed by atoms with van der Waals surface area (Å²) in [6, 6.07) is 3.91. The van der Waals surface area contributed by atoms with Gasteiger partial charge < -0.3 is 10.2 Å². The molecule has 0 bridgehead atoms. The van der Waals surface area contributed by atoms with E-state index in [2.05, 4.69) is 34.4 Å². The molecule has 0 fully saturated rings. The molecule has 1 rings (SSSR count). The van der Waals surface area contributed by atoms with Gasteiger partial charge in [0.15, 0.2) is 0 Å². The summed E-state index contributed by atoms with van der Waals surface area (Å²) in [7, 11) is 2.10. The lowest BCUT2D eigenvalue weighted by Crippen LogP contribution is -2.24. The number of hydrogen-bond acceptors (Lipinski definition) is 4. The first kappa shape index (κ1) is 10.9. The van der Waals surface area contributed by atoms with Crippen LogP contribution < -0.4 is 5.32 Å². The molecule has 14 heavy (non-hydrogen) atoms. The molecule has 1 heterocycles. The maximum atomic E-state index is 4.02. The summed E-state index contributed by atoms with van der Waals surface area (Å²) in [5.74, 6) is 0.847. The van der Waals surface area contributed by atoms with Crippen molar-refractivity contribution in [2.24, 2.45) is 0 Å². The van der Waals surface area contributed by atoms with Gasteiger partial charge in [-0.05, 0) is 32.6 Å². The largest absolute Gasteiger partial charge is 0.367 e. The van der Waals surface area contributed by atoms with Gasteiger partial charge in [0, 0.05) is 13.1 Å². The van der Waals surface area contributed by atoms with Crippen molar-refractivity contribution < 1.29 is 0 Å². The Balaban J connectivity index is 2.28. The Hall–Kier alpha value is -1.16. The Labute approximate surface area is 85.3 Å². The monoisotopic (exact) mass is 194 g/mol. The van der Waals surface area contributed by atoms with Crippen molar-refractivity contribution in [3.8, 4) is 0 Å². The Morgan fingerprint density at radius 1 is 1.36 bits per heavy atom. The third-order valence-electron chi connectivity index (χ3n) is 2.14. The Bertz CT molecular complexity index is 257. The first-order chi connectivity index (χ1) is 6.72. The summed E-state index contributed by atoms with van der Waals surface area (Å²) in [5, 5.41) is 11.2.